The molecule has 2 N–H and O–H groups in total. The van der Waals surface area contributed by atoms with Crippen LogP contribution >= 0.6 is 0 Å². The second kappa shape index (κ2) is 7.79. The van der Waals surface area contributed by atoms with Gasteiger partial charge in [0.2, 0.25) is 0 Å². The number of nitrogens with two attached hydrogens (primary N) is 1. The SMILES string of the molecule is NC(=O)COc1cccc(CN2CCC(N3CCCCC3)C2)c1. The van der Waals surface area contributed by atoms with E-state index in [0.29, 0.717) is 5.75 Å². The summed E-state index contributed by atoms with van der Waals surface area (Å²) >= 11 is 0. The number of piperidine rings is 1. The van der Waals surface area contributed by atoms with Gasteiger partial charge in [-0.15, -0.1) is 0 Å². The lowest BCUT2D eigenvalue weighted by Crippen LogP contribution is -2.40. The van der Waals surface area contributed by atoms with Gasteiger partial charge >= 0.3 is 0 Å². The van der Waals surface area contributed by atoms with E-state index in [2.05, 4.69) is 15.9 Å². The van der Waals surface area contributed by atoms with Gasteiger partial charge in [0.15, 0.2) is 6.61 Å². The summed E-state index contributed by atoms with van der Waals surface area (Å²) in [6, 6.07) is 8.70. The molecule has 2 aliphatic heterocycles. The Morgan fingerprint density at radius 3 is 2.83 bits per heavy atom. The van der Waals surface area contributed by atoms with Crippen molar-refractivity contribution < 1.29 is 9.53 Å². The normalized spacial score (nSPS) is 23.0. The van der Waals surface area contributed by atoms with Gasteiger partial charge in [0.1, 0.15) is 5.75 Å². The lowest BCUT2D eigenvalue weighted by Gasteiger charge is -2.32. The van der Waals surface area contributed by atoms with E-state index in [4.69, 9.17) is 10.5 Å². The molecule has 23 heavy (non-hydrogen) atoms. The first kappa shape index (κ1) is 16.3. The number of hydrogen-bond acceptors (Lipinski definition) is 4. The van der Waals surface area contributed by atoms with Crippen molar-refractivity contribution in [1.82, 2.24) is 9.80 Å². The first-order valence-corrected chi connectivity index (χ1v) is 8.67. The van der Waals surface area contributed by atoms with E-state index in [-0.39, 0.29) is 6.61 Å². The average Bonchev–Trinajstić information content (AvgIpc) is 3.03. The highest BCUT2D eigenvalue weighted by atomic mass is 16.5. The minimum atomic E-state index is -0.445. The highest BCUT2D eigenvalue weighted by molar-refractivity contribution is 5.75. The third-order valence-electron chi connectivity index (χ3n) is 4.84. The minimum Gasteiger partial charge on any atom is -0.484 e. The van der Waals surface area contributed by atoms with E-state index < -0.39 is 5.91 Å². The van der Waals surface area contributed by atoms with Gasteiger partial charge in [0, 0.05) is 25.7 Å². The third kappa shape index (κ3) is 4.69. The summed E-state index contributed by atoms with van der Waals surface area (Å²) in [5.41, 5.74) is 6.35. The molecular formula is C18H27N3O2. The number of carbonyl (C=O) groups excluding carboxylic acids is 1. The third-order valence-corrected chi connectivity index (χ3v) is 4.84. The first-order chi connectivity index (χ1) is 11.2. The van der Waals surface area contributed by atoms with Crippen molar-refractivity contribution in [3.8, 4) is 5.75 Å². The maximum Gasteiger partial charge on any atom is 0.255 e. The van der Waals surface area contributed by atoms with Crippen LogP contribution in [0.25, 0.3) is 0 Å². The predicted molar refractivity (Wildman–Crippen MR) is 90.2 cm³/mol. The molecule has 0 aromatic heterocycles. The molecule has 3 rings (SSSR count). The maximum atomic E-state index is 10.8. The smallest absolute Gasteiger partial charge is 0.255 e. The van der Waals surface area contributed by atoms with Crippen molar-refractivity contribution >= 4 is 5.91 Å². The van der Waals surface area contributed by atoms with E-state index in [9.17, 15) is 4.79 Å². The Balaban J connectivity index is 1.51. The zero-order valence-electron chi connectivity index (χ0n) is 13.7. The second-order valence-electron chi connectivity index (χ2n) is 6.68. The fraction of sp³-hybridized carbons (Fsp3) is 0.611. The Hall–Kier alpha value is -1.59. The summed E-state index contributed by atoms with van der Waals surface area (Å²) in [7, 11) is 0. The first-order valence-electron chi connectivity index (χ1n) is 8.67. The van der Waals surface area contributed by atoms with Crippen LogP contribution in [-0.2, 0) is 11.3 Å². The van der Waals surface area contributed by atoms with E-state index in [1.165, 1.54) is 44.3 Å². The quantitative estimate of drug-likeness (QED) is 0.866. The van der Waals surface area contributed by atoms with E-state index in [1.54, 1.807) is 0 Å². The monoisotopic (exact) mass is 317 g/mol. The largest absolute Gasteiger partial charge is 0.484 e. The Morgan fingerprint density at radius 1 is 1.22 bits per heavy atom. The van der Waals surface area contributed by atoms with Crippen molar-refractivity contribution in [2.45, 2.75) is 38.3 Å². The summed E-state index contributed by atoms with van der Waals surface area (Å²) in [6.45, 7) is 5.74. The van der Waals surface area contributed by atoms with Crippen LogP contribution in [0.5, 0.6) is 5.75 Å². The lowest BCUT2D eigenvalue weighted by atomic mass is 10.1. The van der Waals surface area contributed by atoms with Crippen molar-refractivity contribution in [3.63, 3.8) is 0 Å². The zero-order valence-corrected chi connectivity index (χ0v) is 13.7. The fourth-order valence-electron chi connectivity index (χ4n) is 3.68. The summed E-state index contributed by atoms with van der Waals surface area (Å²) in [6.07, 6.45) is 5.38. The molecule has 2 fully saturated rings. The molecule has 0 aliphatic carbocycles. The number of benzene rings is 1. The van der Waals surface area contributed by atoms with Gasteiger partial charge in [0.05, 0.1) is 0 Å². The highest BCUT2D eigenvalue weighted by Gasteiger charge is 2.28. The molecule has 1 aromatic carbocycles. The Kier molecular flexibility index (Phi) is 5.51. The van der Waals surface area contributed by atoms with Crippen LogP contribution in [-0.4, -0.2) is 54.5 Å². The van der Waals surface area contributed by atoms with Gasteiger partial charge in [-0.25, -0.2) is 0 Å². The number of carbonyl (C=O) groups is 1. The molecular weight excluding hydrogens is 290 g/mol. The van der Waals surface area contributed by atoms with E-state index in [1.807, 2.05) is 18.2 Å². The van der Waals surface area contributed by atoms with Gasteiger partial charge in [-0.1, -0.05) is 18.6 Å². The molecule has 0 spiro atoms. The van der Waals surface area contributed by atoms with E-state index in [0.717, 1.165) is 25.7 Å². The molecule has 2 aliphatic rings. The topological polar surface area (TPSA) is 58.8 Å². The number of likely N-dealkylation sites (tertiary alicyclic amines) is 2. The molecule has 1 amide bonds. The molecule has 0 radical (unpaired) electrons. The van der Waals surface area contributed by atoms with Crippen LogP contribution < -0.4 is 10.5 Å². The average molecular weight is 317 g/mol. The van der Waals surface area contributed by atoms with Crippen LogP contribution in [0.2, 0.25) is 0 Å². The summed E-state index contributed by atoms with van der Waals surface area (Å²) in [4.78, 5) is 16.0. The van der Waals surface area contributed by atoms with Gasteiger partial charge < -0.3 is 10.5 Å². The van der Waals surface area contributed by atoms with Gasteiger partial charge in [-0.3, -0.25) is 14.6 Å². The van der Waals surface area contributed by atoms with Crippen LogP contribution in [0.15, 0.2) is 24.3 Å². The van der Waals surface area contributed by atoms with Crippen molar-refractivity contribution in [1.29, 1.82) is 0 Å². The second-order valence-corrected chi connectivity index (χ2v) is 6.68. The standard InChI is InChI=1S/C18H27N3O2/c19-18(22)14-23-17-6-4-5-15(11-17)12-20-10-7-16(13-20)21-8-2-1-3-9-21/h4-6,11,16H,1-3,7-10,12-14H2,(H2,19,22). The molecule has 1 aromatic rings. The molecule has 2 saturated heterocycles. The van der Waals surface area contributed by atoms with Gasteiger partial charge in [0.25, 0.3) is 5.91 Å². The van der Waals surface area contributed by atoms with E-state index >= 15 is 0 Å². The fourth-order valence-corrected chi connectivity index (χ4v) is 3.68. The van der Waals surface area contributed by atoms with Crippen LogP contribution in [0.3, 0.4) is 0 Å². The highest BCUT2D eigenvalue weighted by Crippen LogP contribution is 2.22. The van der Waals surface area contributed by atoms with Crippen molar-refractivity contribution in [2.24, 2.45) is 5.73 Å². The number of nitrogens with zero attached hydrogens (tertiary/aromatic N) is 2. The van der Waals surface area contributed by atoms with Crippen molar-refractivity contribution in [2.75, 3.05) is 32.8 Å². The molecule has 1 atom stereocenters. The van der Waals surface area contributed by atoms with Crippen molar-refractivity contribution in [3.05, 3.63) is 29.8 Å². The van der Waals surface area contributed by atoms with Crippen LogP contribution in [0, 0.1) is 0 Å². The molecule has 0 saturated carbocycles. The Morgan fingerprint density at radius 2 is 2.04 bits per heavy atom. The molecule has 126 valence electrons. The van der Waals surface area contributed by atoms with Crippen LogP contribution in [0.4, 0.5) is 0 Å². The predicted octanol–water partition coefficient (Wildman–Crippen LogP) is 1.61. The summed E-state index contributed by atoms with van der Waals surface area (Å²) in [5, 5.41) is 0. The number of hydrogen-bond donors (Lipinski definition) is 1. The molecule has 5 heteroatoms. The number of primary amides is 1. The zero-order chi connectivity index (χ0) is 16.1. The Bertz CT molecular complexity index is 529. The molecule has 1 unspecified atom stereocenters. The maximum absolute atomic E-state index is 10.8. The number of ether oxygens (including phenoxy) is 1. The molecule has 2 heterocycles. The molecule has 0 bridgehead atoms. The number of rotatable bonds is 6. The lowest BCUT2D eigenvalue weighted by molar-refractivity contribution is -0.119. The van der Waals surface area contributed by atoms with Gasteiger partial charge in [-0.05, 0) is 50.0 Å². The van der Waals surface area contributed by atoms with Gasteiger partial charge in [-0.2, -0.15) is 0 Å². The Labute approximate surface area is 138 Å². The summed E-state index contributed by atoms with van der Waals surface area (Å²) < 4.78 is 5.39. The molecule has 5 nitrogen and oxygen atoms in total. The van der Waals surface area contributed by atoms with Crippen LogP contribution in [0.1, 0.15) is 31.2 Å². The number of amides is 1. The minimum absolute atomic E-state index is 0.0653. The summed E-state index contributed by atoms with van der Waals surface area (Å²) in [5.74, 6) is 0.271.